The molecule has 190 valence electrons. The third kappa shape index (κ3) is 6.39. The van der Waals surface area contributed by atoms with Gasteiger partial charge in [0.05, 0.1) is 19.4 Å². The molecule has 9 heteroatoms. The van der Waals surface area contributed by atoms with Gasteiger partial charge in [0.25, 0.3) is 5.91 Å². The first kappa shape index (κ1) is 25.6. The summed E-state index contributed by atoms with van der Waals surface area (Å²) in [6.45, 7) is 0.263. The van der Waals surface area contributed by atoms with Crippen LogP contribution in [0.5, 0.6) is 5.75 Å². The zero-order chi connectivity index (χ0) is 26.2. The van der Waals surface area contributed by atoms with Crippen LogP contribution in [0.3, 0.4) is 0 Å². The number of amides is 2. The second kappa shape index (κ2) is 12.0. The molecule has 8 nitrogen and oxygen atoms in total. The van der Waals surface area contributed by atoms with E-state index in [4.69, 9.17) is 9.47 Å². The third-order valence-corrected chi connectivity index (χ3v) is 5.66. The molecule has 37 heavy (non-hydrogen) atoms. The average Bonchev–Trinajstić information content (AvgIpc) is 3.35. The van der Waals surface area contributed by atoms with Gasteiger partial charge in [-0.05, 0) is 48.5 Å². The number of nitrogens with one attached hydrogen (secondary N) is 1. The lowest BCUT2D eigenvalue weighted by atomic mass is 10.2. The van der Waals surface area contributed by atoms with Crippen molar-refractivity contribution in [2.45, 2.75) is 0 Å². The number of ether oxygens (including phenoxy) is 2. The Balaban J connectivity index is 1.58. The summed E-state index contributed by atoms with van der Waals surface area (Å²) < 4.78 is 25.5. The van der Waals surface area contributed by atoms with Crippen LogP contribution >= 0.6 is 0 Å². The number of imidazole rings is 1. The summed E-state index contributed by atoms with van der Waals surface area (Å²) in [7, 11) is 3.08. The van der Waals surface area contributed by atoms with Gasteiger partial charge in [0, 0.05) is 36.7 Å². The molecule has 0 aliphatic carbocycles. The lowest BCUT2D eigenvalue weighted by Gasteiger charge is -2.22. The molecular formula is C28H27FN4O4. The standard InChI is InChI=1S/C28H27FN4O4/c1-36-17-16-32(27(35)21-8-14-24(37-2)15-9-21)19-26(34)31-28-30-25(20-6-4-3-5-7-20)18-33(28)23-12-10-22(29)11-13-23/h3-15,18H,16-17,19H2,1-2H3,(H,30,31,34). The first-order valence-corrected chi connectivity index (χ1v) is 11.6. The Hall–Kier alpha value is -4.50. The maximum Gasteiger partial charge on any atom is 0.254 e. The summed E-state index contributed by atoms with van der Waals surface area (Å²) in [6, 6.07) is 22.0. The highest BCUT2D eigenvalue weighted by Crippen LogP contribution is 2.24. The van der Waals surface area contributed by atoms with Gasteiger partial charge < -0.3 is 14.4 Å². The Kier molecular flexibility index (Phi) is 8.27. The number of carbonyl (C=O) groups excluding carboxylic acids is 2. The summed E-state index contributed by atoms with van der Waals surface area (Å²) in [4.78, 5) is 32.3. The smallest absolute Gasteiger partial charge is 0.254 e. The number of methoxy groups -OCH3 is 2. The maximum absolute atomic E-state index is 13.5. The minimum atomic E-state index is -0.438. The van der Waals surface area contributed by atoms with Gasteiger partial charge in [-0.1, -0.05) is 30.3 Å². The largest absolute Gasteiger partial charge is 0.497 e. The van der Waals surface area contributed by atoms with E-state index in [0.717, 1.165) is 5.56 Å². The van der Waals surface area contributed by atoms with Gasteiger partial charge in [0.15, 0.2) is 0 Å². The Labute approximate surface area is 214 Å². The summed E-state index contributed by atoms with van der Waals surface area (Å²) in [6.07, 6.45) is 1.77. The Morgan fingerprint density at radius 1 is 0.973 bits per heavy atom. The van der Waals surface area contributed by atoms with E-state index in [1.165, 1.54) is 24.1 Å². The number of hydrogen-bond donors (Lipinski definition) is 1. The fourth-order valence-electron chi connectivity index (χ4n) is 3.72. The second-order valence-electron chi connectivity index (χ2n) is 8.16. The quantitative estimate of drug-likeness (QED) is 0.347. The zero-order valence-electron chi connectivity index (χ0n) is 20.6. The monoisotopic (exact) mass is 502 g/mol. The molecule has 2 amide bonds. The molecule has 0 atom stereocenters. The molecule has 1 N–H and O–H groups in total. The van der Waals surface area contributed by atoms with Crippen molar-refractivity contribution in [3.63, 3.8) is 0 Å². The maximum atomic E-state index is 13.5. The molecule has 0 spiro atoms. The van der Waals surface area contributed by atoms with Gasteiger partial charge in [-0.15, -0.1) is 0 Å². The minimum absolute atomic E-state index is 0.217. The molecular weight excluding hydrogens is 475 g/mol. The highest BCUT2D eigenvalue weighted by Gasteiger charge is 2.21. The van der Waals surface area contributed by atoms with Crippen LogP contribution in [0, 0.1) is 5.82 Å². The van der Waals surface area contributed by atoms with Crippen molar-refractivity contribution in [2.75, 3.05) is 39.2 Å². The fourth-order valence-corrected chi connectivity index (χ4v) is 3.72. The fraction of sp³-hybridized carbons (Fsp3) is 0.179. The predicted molar refractivity (Wildman–Crippen MR) is 138 cm³/mol. The minimum Gasteiger partial charge on any atom is -0.497 e. The molecule has 0 saturated heterocycles. The number of benzene rings is 3. The number of aromatic nitrogens is 2. The zero-order valence-corrected chi connectivity index (χ0v) is 20.6. The van der Waals surface area contributed by atoms with E-state index in [1.807, 2.05) is 30.3 Å². The van der Waals surface area contributed by atoms with Gasteiger partial charge >= 0.3 is 0 Å². The highest BCUT2D eigenvalue weighted by atomic mass is 19.1. The highest BCUT2D eigenvalue weighted by molar-refractivity contribution is 5.99. The molecule has 0 unspecified atom stereocenters. The van der Waals surface area contributed by atoms with Crippen molar-refractivity contribution in [3.05, 3.63) is 96.4 Å². The van der Waals surface area contributed by atoms with Crippen LogP contribution in [-0.2, 0) is 9.53 Å². The summed E-state index contributed by atoms with van der Waals surface area (Å²) in [5, 5.41) is 2.81. The van der Waals surface area contributed by atoms with Crippen molar-refractivity contribution >= 4 is 17.8 Å². The van der Waals surface area contributed by atoms with E-state index < -0.39 is 5.91 Å². The summed E-state index contributed by atoms with van der Waals surface area (Å²) in [5.74, 6) is -0.254. The van der Waals surface area contributed by atoms with E-state index in [1.54, 1.807) is 54.3 Å². The molecule has 0 saturated carbocycles. The predicted octanol–water partition coefficient (Wildman–Crippen LogP) is 4.41. The number of halogens is 1. The van der Waals surface area contributed by atoms with Gasteiger partial charge in [-0.25, -0.2) is 9.37 Å². The van der Waals surface area contributed by atoms with E-state index in [0.29, 0.717) is 22.7 Å². The Morgan fingerprint density at radius 2 is 1.68 bits per heavy atom. The Bertz CT molecular complexity index is 1340. The van der Waals surface area contributed by atoms with Crippen LogP contribution in [0.25, 0.3) is 16.9 Å². The van der Waals surface area contributed by atoms with Crippen LogP contribution in [0.1, 0.15) is 10.4 Å². The third-order valence-electron chi connectivity index (χ3n) is 5.66. The molecule has 0 aliphatic rings. The molecule has 4 rings (SSSR count). The average molecular weight is 503 g/mol. The normalized spacial score (nSPS) is 10.7. The lowest BCUT2D eigenvalue weighted by molar-refractivity contribution is -0.117. The molecule has 3 aromatic carbocycles. The topological polar surface area (TPSA) is 85.7 Å². The number of nitrogens with zero attached hydrogens (tertiary/aromatic N) is 3. The van der Waals surface area contributed by atoms with E-state index in [9.17, 15) is 14.0 Å². The van der Waals surface area contributed by atoms with Crippen molar-refractivity contribution in [1.29, 1.82) is 0 Å². The molecule has 1 aromatic heterocycles. The number of anilines is 1. The van der Waals surface area contributed by atoms with Crippen molar-refractivity contribution in [3.8, 4) is 22.7 Å². The molecule has 0 fully saturated rings. The van der Waals surface area contributed by atoms with E-state index in [2.05, 4.69) is 10.3 Å². The van der Waals surface area contributed by atoms with Gasteiger partial charge in [-0.2, -0.15) is 0 Å². The lowest BCUT2D eigenvalue weighted by Crippen LogP contribution is -2.40. The van der Waals surface area contributed by atoms with Crippen LogP contribution in [0.4, 0.5) is 10.3 Å². The van der Waals surface area contributed by atoms with Gasteiger partial charge in [0.2, 0.25) is 11.9 Å². The SMILES string of the molecule is COCCN(CC(=O)Nc1nc(-c2ccccc2)cn1-c1ccc(F)cc1)C(=O)c1ccc(OC)cc1. The Morgan fingerprint density at radius 3 is 2.32 bits per heavy atom. The summed E-state index contributed by atoms with van der Waals surface area (Å²) in [5.41, 5.74) is 2.53. The second-order valence-corrected chi connectivity index (χ2v) is 8.16. The molecule has 4 aromatic rings. The first-order chi connectivity index (χ1) is 18.0. The molecule has 0 radical (unpaired) electrons. The van der Waals surface area contributed by atoms with Crippen molar-refractivity contribution in [1.82, 2.24) is 14.5 Å². The first-order valence-electron chi connectivity index (χ1n) is 11.6. The van der Waals surface area contributed by atoms with Crippen LogP contribution < -0.4 is 10.1 Å². The van der Waals surface area contributed by atoms with Crippen LogP contribution in [0.15, 0.2) is 85.1 Å². The van der Waals surface area contributed by atoms with Crippen molar-refractivity contribution < 1.29 is 23.5 Å². The molecule has 0 bridgehead atoms. The molecule has 1 heterocycles. The van der Waals surface area contributed by atoms with E-state index in [-0.39, 0.29) is 37.4 Å². The van der Waals surface area contributed by atoms with Gasteiger partial charge in [-0.3, -0.25) is 19.5 Å². The van der Waals surface area contributed by atoms with Crippen LogP contribution in [0.2, 0.25) is 0 Å². The van der Waals surface area contributed by atoms with Crippen molar-refractivity contribution in [2.24, 2.45) is 0 Å². The number of hydrogen-bond acceptors (Lipinski definition) is 5. The summed E-state index contributed by atoms with van der Waals surface area (Å²) >= 11 is 0. The number of rotatable bonds is 10. The van der Waals surface area contributed by atoms with Crippen LogP contribution in [-0.4, -0.2) is 60.2 Å². The van der Waals surface area contributed by atoms with E-state index >= 15 is 0 Å². The molecule has 0 aliphatic heterocycles. The number of carbonyl (C=O) groups is 2. The van der Waals surface area contributed by atoms with Gasteiger partial charge in [0.1, 0.15) is 18.1 Å².